The molecule has 0 aromatic heterocycles. The molecule has 3 N–H and O–H groups in total. The summed E-state index contributed by atoms with van der Waals surface area (Å²) in [6.07, 6.45) is -0.733. The Labute approximate surface area is 74.8 Å². The van der Waals surface area contributed by atoms with Gasteiger partial charge in [0, 0.05) is 5.56 Å². The highest BCUT2D eigenvalue weighted by molar-refractivity contribution is 6.33. The minimum atomic E-state index is -0.733. The van der Waals surface area contributed by atoms with Gasteiger partial charge in [0.1, 0.15) is 5.82 Å². The van der Waals surface area contributed by atoms with Gasteiger partial charge >= 0.3 is 0 Å². The van der Waals surface area contributed by atoms with Gasteiger partial charge in [-0.2, -0.15) is 0 Å². The molecule has 0 fully saturated rings. The molecule has 0 spiro atoms. The monoisotopic (exact) mass is 189 g/mol. The summed E-state index contributed by atoms with van der Waals surface area (Å²) in [5, 5.41) is 9.03. The lowest BCUT2D eigenvalue weighted by atomic mass is 10.1. The van der Waals surface area contributed by atoms with Crippen LogP contribution in [-0.2, 0) is 0 Å². The van der Waals surface area contributed by atoms with Crippen molar-refractivity contribution in [2.24, 2.45) is 0 Å². The Morgan fingerprint density at radius 1 is 1.58 bits per heavy atom. The van der Waals surface area contributed by atoms with E-state index in [1.54, 1.807) is 6.92 Å². The minimum Gasteiger partial charge on any atom is -0.397 e. The predicted octanol–water partition coefficient (Wildman–Crippen LogP) is 2.11. The van der Waals surface area contributed by atoms with Gasteiger partial charge in [-0.1, -0.05) is 17.7 Å². The van der Waals surface area contributed by atoms with E-state index in [0.29, 0.717) is 5.56 Å². The molecule has 0 saturated heterocycles. The average molecular weight is 190 g/mol. The van der Waals surface area contributed by atoms with E-state index in [2.05, 4.69) is 0 Å². The lowest BCUT2D eigenvalue weighted by Crippen LogP contribution is -2.00. The van der Waals surface area contributed by atoms with E-state index < -0.39 is 11.9 Å². The second-order valence-corrected chi connectivity index (χ2v) is 2.92. The third kappa shape index (κ3) is 1.52. The number of hydrogen-bond acceptors (Lipinski definition) is 2. The van der Waals surface area contributed by atoms with Crippen LogP contribution in [0.25, 0.3) is 0 Å². The van der Waals surface area contributed by atoms with Gasteiger partial charge in [-0.25, -0.2) is 4.39 Å². The third-order valence-electron chi connectivity index (χ3n) is 1.62. The molecule has 1 rings (SSSR count). The number of nitrogen functional groups attached to an aromatic ring is 1. The van der Waals surface area contributed by atoms with E-state index >= 15 is 0 Å². The van der Waals surface area contributed by atoms with E-state index in [4.69, 9.17) is 22.4 Å². The third-order valence-corrected chi connectivity index (χ3v) is 2.00. The molecule has 0 aliphatic heterocycles. The van der Waals surface area contributed by atoms with Gasteiger partial charge < -0.3 is 10.8 Å². The van der Waals surface area contributed by atoms with Gasteiger partial charge in [0.25, 0.3) is 0 Å². The Morgan fingerprint density at radius 3 is 2.67 bits per heavy atom. The van der Waals surface area contributed by atoms with Crippen molar-refractivity contribution < 1.29 is 9.50 Å². The molecule has 12 heavy (non-hydrogen) atoms. The molecular formula is C8H9ClFNO. The highest BCUT2D eigenvalue weighted by atomic mass is 35.5. The smallest absolute Gasteiger partial charge is 0.143 e. The number of hydrogen-bond donors (Lipinski definition) is 2. The van der Waals surface area contributed by atoms with Gasteiger partial charge in [-0.15, -0.1) is 0 Å². The highest BCUT2D eigenvalue weighted by Crippen LogP contribution is 2.29. The summed E-state index contributed by atoms with van der Waals surface area (Å²) in [5.74, 6) is -0.571. The first-order valence-electron chi connectivity index (χ1n) is 3.45. The Hall–Kier alpha value is -0.800. The van der Waals surface area contributed by atoms with E-state index in [-0.39, 0.29) is 10.7 Å². The second kappa shape index (κ2) is 3.29. The van der Waals surface area contributed by atoms with Crippen LogP contribution in [-0.4, -0.2) is 5.11 Å². The second-order valence-electron chi connectivity index (χ2n) is 2.54. The molecule has 0 radical (unpaired) electrons. The molecule has 2 nitrogen and oxygen atoms in total. The van der Waals surface area contributed by atoms with Crippen LogP contribution in [0.2, 0.25) is 5.02 Å². The molecule has 0 heterocycles. The first kappa shape index (κ1) is 9.29. The quantitative estimate of drug-likeness (QED) is 0.665. The number of nitrogens with two attached hydrogens (primary N) is 1. The molecule has 0 saturated carbocycles. The number of rotatable bonds is 1. The number of benzene rings is 1. The van der Waals surface area contributed by atoms with Crippen molar-refractivity contribution in [2.75, 3.05) is 5.73 Å². The Morgan fingerprint density at radius 2 is 2.17 bits per heavy atom. The zero-order valence-corrected chi connectivity index (χ0v) is 7.27. The largest absolute Gasteiger partial charge is 0.397 e. The van der Waals surface area contributed by atoms with Crippen molar-refractivity contribution in [1.82, 2.24) is 0 Å². The summed E-state index contributed by atoms with van der Waals surface area (Å²) in [6.45, 7) is 1.54. The van der Waals surface area contributed by atoms with Gasteiger partial charge in [0.05, 0.1) is 16.8 Å². The number of aliphatic hydroxyl groups is 1. The summed E-state index contributed by atoms with van der Waals surface area (Å²) in [7, 11) is 0. The first-order valence-corrected chi connectivity index (χ1v) is 3.83. The molecule has 66 valence electrons. The molecule has 0 aliphatic carbocycles. The fourth-order valence-electron chi connectivity index (χ4n) is 0.946. The molecule has 1 aromatic carbocycles. The summed E-state index contributed by atoms with van der Waals surface area (Å²) >= 11 is 5.52. The van der Waals surface area contributed by atoms with E-state index in [1.165, 1.54) is 12.1 Å². The molecule has 0 bridgehead atoms. The van der Waals surface area contributed by atoms with Crippen molar-refractivity contribution in [2.45, 2.75) is 13.0 Å². The van der Waals surface area contributed by atoms with Crippen LogP contribution in [0.4, 0.5) is 10.1 Å². The van der Waals surface area contributed by atoms with Crippen LogP contribution < -0.4 is 5.73 Å². The molecule has 0 aliphatic rings. The molecule has 1 aromatic rings. The topological polar surface area (TPSA) is 46.2 Å². The Kier molecular flexibility index (Phi) is 2.55. The number of halogens is 2. The standard InChI is InChI=1S/C8H9ClFNO/c1-4(12)5-2-3-6(10)7(9)8(5)11/h2-4,12H,11H2,1H3/t4-/m0/s1. The van der Waals surface area contributed by atoms with Crippen molar-refractivity contribution in [3.05, 3.63) is 28.5 Å². The van der Waals surface area contributed by atoms with E-state index in [9.17, 15) is 4.39 Å². The zero-order chi connectivity index (χ0) is 9.30. The van der Waals surface area contributed by atoms with Gasteiger partial charge in [-0.05, 0) is 13.0 Å². The fraction of sp³-hybridized carbons (Fsp3) is 0.250. The van der Waals surface area contributed by atoms with Gasteiger partial charge in [0.2, 0.25) is 0 Å². The van der Waals surface area contributed by atoms with Crippen LogP contribution in [0.3, 0.4) is 0 Å². The Bertz CT molecular complexity index is 301. The maximum Gasteiger partial charge on any atom is 0.143 e. The van der Waals surface area contributed by atoms with Crippen LogP contribution in [0.5, 0.6) is 0 Å². The summed E-state index contributed by atoms with van der Waals surface area (Å²) in [6, 6.07) is 2.60. The minimum absolute atomic E-state index is 0.103. The lowest BCUT2D eigenvalue weighted by molar-refractivity contribution is 0.200. The molecular weight excluding hydrogens is 181 g/mol. The Balaban J connectivity index is 3.27. The molecule has 0 unspecified atom stereocenters. The maximum absolute atomic E-state index is 12.7. The van der Waals surface area contributed by atoms with Crippen LogP contribution in [0, 0.1) is 5.82 Å². The maximum atomic E-state index is 12.7. The summed E-state index contributed by atoms with van der Waals surface area (Å²) in [5.41, 5.74) is 6.00. The van der Waals surface area contributed by atoms with Crippen LogP contribution >= 0.6 is 11.6 Å². The van der Waals surface area contributed by atoms with Crippen molar-refractivity contribution in [3.8, 4) is 0 Å². The predicted molar refractivity (Wildman–Crippen MR) is 46.5 cm³/mol. The van der Waals surface area contributed by atoms with Crippen molar-refractivity contribution in [3.63, 3.8) is 0 Å². The average Bonchev–Trinajstić information content (AvgIpc) is 2.00. The number of anilines is 1. The molecule has 1 atom stereocenters. The lowest BCUT2D eigenvalue weighted by Gasteiger charge is -2.09. The first-order chi connectivity index (χ1) is 5.54. The van der Waals surface area contributed by atoms with Crippen molar-refractivity contribution in [1.29, 1.82) is 0 Å². The fourth-order valence-corrected chi connectivity index (χ4v) is 1.12. The summed E-state index contributed by atoms with van der Waals surface area (Å²) in [4.78, 5) is 0. The normalized spacial score (nSPS) is 13.0. The van der Waals surface area contributed by atoms with E-state index in [0.717, 1.165) is 0 Å². The zero-order valence-electron chi connectivity index (χ0n) is 6.51. The van der Waals surface area contributed by atoms with Crippen LogP contribution in [0.1, 0.15) is 18.6 Å². The molecule has 4 heteroatoms. The van der Waals surface area contributed by atoms with Gasteiger partial charge in [-0.3, -0.25) is 0 Å². The SMILES string of the molecule is C[C@H](O)c1ccc(F)c(Cl)c1N. The molecule has 0 amide bonds. The summed E-state index contributed by atoms with van der Waals surface area (Å²) < 4.78 is 12.7. The van der Waals surface area contributed by atoms with Crippen molar-refractivity contribution >= 4 is 17.3 Å². The highest BCUT2D eigenvalue weighted by Gasteiger charge is 2.11. The number of aliphatic hydroxyl groups excluding tert-OH is 1. The van der Waals surface area contributed by atoms with Crippen LogP contribution in [0.15, 0.2) is 12.1 Å². The van der Waals surface area contributed by atoms with E-state index in [1.807, 2.05) is 0 Å². The van der Waals surface area contributed by atoms with Gasteiger partial charge in [0.15, 0.2) is 0 Å².